The summed E-state index contributed by atoms with van der Waals surface area (Å²) in [7, 11) is 0. The average molecular weight is 240 g/mol. The third-order valence-corrected chi connectivity index (χ3v) is 3.72. The van der Waals surface area contributed by atoms with Crippen molar-refractivity contribution in [3.63, 3.8) is 0 Å². The summed E-state index contributed by atoms with van der Waals surface area (Å²) in [5.74, 6) is 0. The maximum Gasteiger partial charge on any atom is 0.317 e. The summed E-state index contributed by atoms with van der Waals surface area (Å²) in [5.41, 5.74) is 0. The zero-order chi connectivity index (χ0) is 12.1. The lowest BCUT2D eigenvalue weighted by Crippen LogP contribution is -2.42. The number of amides is 2. The Kier molecular flexibility index (Phi) is 4.62. The fourth-order valence-corrected chi connectivity index (χ4v) is 2.59. The minimum atomic E-state index is 0.0973. The van der Waals surface area contributed by atoms with E-state index in [0.717, 1.165) is 45.8 Å². The summed E-state index contributed by atoms with van der Waals surface area (Å²) >= 11 is 0. The fraction of sp³-hybridized carbons (Fsp3) is 0.917. The predicted octanol–water partition coefficient (Wildman–Crippen LogP) is 0.0855. The number of nitrogens with one attached hydrogen (secondary N) is 2. The highest BCUT2D eigenvalue weighted by Gasteiger charge is 2.21. The lowest BCUT2D eigenvalue weighted by molar-refractivity contribution is 0.198. The van der Waals surface area contributed by atoms with E-state index in [1.165, 1.54) is 12.8 Å². The Labute approximate surface area is 104 Å². The standard InChI is InChI=1S/C12H24N4O/c1-2-15(10-11-4-3-5-13-11)8-9-16-7-6-14-12(16)17/h11,13H,2-10H2,1H3,(H,14,17). The van der Waals surface area contributed by atoms with Gasteiger partial charge in [-0.1, -0.05) is 6.92 Å². The van der Waals surface area contributed by atoms with E-state index < -0.39 is 0 Å². The number of carbonyl (C=O) groups is 1. The van der Waals surface area contributed by atoms with Gasteiger partial charge in [0.05, 0.1) is 0 Å². The van der Waals surface area contributed by atoms with Gasteiger partial charge in [0, 0.05) is 38.8 Å². The minimum absolute atomic E-state index is 0.0973. The highest BCUT2D eigenvalue weighted by Crippen LogP contribution is 2.07. The molecule has 0 aromatic carbocycles. The Bertz CT molecular complexity index is 253. The molecule has 0 saturated carbocycles. The molecule has 5 heteroatoms. The molecule has 17 heavy (non-hydrogen) atoms. The van der Waals surface area contributed by atoms with E-state index in [9.17, 15) is 4.79 Å². The van der Waals surface area contributed by atoms with E-state index >= 15 is 0 Å². The highest BCUT2D eigenvalue weighted by atomic mass is 16.2. The average Bonchev–Trinajstić information content (AvgIpc) is 2.96. The van der Waals surface area contributed by atoms with Crippen LogP contribution in [-0.2, 0) is 0 Å². The summed E-state index contributed by atoms with van der Waals surface area (Å²) < 4.78 is 0. The Morgan fingerprint density at radius 2 is 2.35 bits per heavy atom. The maximum absolute atomic E-state index is 11.4. The van der Waals surface area contributed by atoms with Gasteiger partial charge in [0.1, 0.15) is 0 Å². The topological polar surface area (TPSA) is 47.6 Å². The number of likely N-dealkylation sites (N-methyl/N-ethyl adjacent to an activating group) is 1. The summed E-state index contributed by atoms with van der Waals surface area (Å²) in [6.07, 6.45) is 2.59. The third kappa shape index (κ3) is 3.57. The van der Waals surface area contributed by atoms with Crippen LogP contribution in [0.25, 0.3) is 0 Å². The van der Waals surface area contributed by atoms with Gasteiger partial charge in [-0.05, 0) is 25.9 Å². The van der Waals surface area contributed by atoms with Crippen molar-refractivity contribution in [2.75, 3.05) is 45.8 Å². The number of urea groups is 1. The molecule has 98 valence electrons. The smallest absolute Gasteiger partial charge is 0.317 e. The number of nitrogens with zero attached hydrogens (tertiary/aromatic N) is 2. The zero-order valence-corrected chi connectivity index (χ0v) is 10.7. The molecule has 2 aliphatic heterocycles. The second kappa shape index (κ2) is 6.21. The molecule has 2 heterocycles. The van der Waals surface area contributed by atoms with Gasteiger partial charge in [-0.2, -0.15) is 0 Å². The van der Waals surface area contributed by atoms with Crippen molar-refractivity contribution in [3.8, 4) is 0 Å². The van der Waals surface area contributed by atoms with Crippen LogP contribution in [0.3, 0.4) is 0 Å². The van der Waals surface area contributed by atoms with E-state index in [2.05, 4.69) is 22.5 Å². The first-order valence-corrected chi connectivity index (χ1v) is 6.78. The monoisotopic (exact) mass is 240 g/mol. The van der Waals surface area contributed by atoms with E-state index in [1.807, 2.05) is 4.90 Å². The largest absolute Gasteiger partial charge is 0.336 e. The van der Waals surface area contributed by atoms with Crippen molar-refractivity contribution in [2.45, 2.75) is 25.8 Å². The van der Waals surface area contributed by atoms with Gasteiger partial charge in [-0.25, -0.2) is 4.79 Å². The molecule has 1 unspecified atom stereocenters. The third-order valence-electron chi connectivity index (χ3n) is 3.72. The summed E-state index contributed by atoms with van der Waals surface area (Å²) in [6.45, 7) is 9.04. The molecule has 0 spiro atoms. The van der Waals surface area contributed by atoms with Crippen molar-refractivity contribution in [1.82, 2.24) is 20.4 Å². The van der Waals surface area contributed by atoms with E-state index in [1.54, 1.807) is 0 Å². The molecule has 2 amide bonds. The van der Waals surface area contributed by atoms with Crippen LogP contribution in [-0.4, -0.2) is 67.7 Å². The molecule has 0 aromatic heterocycles. The first-order valence-electron chi connectivity index (χ1n) is 6.78. The highest BCUT2D eigenvalue weighted by molar-refractivity contribution is 5.76. The SMILES string of the molecule is CCN(CCN1CCNC1=O)CC1CCCN1. The molecule has 2 aliphatic rings. The van der Waals surface area contributed by atoms with Crippen LogP contribution < -0.4 is 10.6 Å². The molecule has 2 saturated heterocycles. The van der Waals surface area contributed by atoms with Crippen molar-refractivity contribution < 1.29 is 4.79 Å². The minimum Gasteiger partial charge on any atom is -0.336 e. The Balaban J connectivity index is 1.69. The molecule has 0 radical (unpaired) electrons. The van der Waals surface area contributed by atoms with Gasteiger partial charge in [0.2, 0.25) is 0 Å². The van der Waals surface area contributed by atoms with Crippen LogP contribution in [0, 0.1) is 0 Å². The second-order valence-electron chi connectivity index (χ2n) is 4.91. The van der Waals surface area contributed by atoms with Crippen molar-refractivity contribution in [3.05, 3.63) is 0 Å². The van der Waals surface area contributed by atoms with Crippen LogP contribution in [0.15, 0.2) is 0 Å². The summed E-state index contributed by atoms with van der Waals surface area (Å²) in [4.78, 5) is 15.8. The summed E-state index contributed by atoms with van der Waals surface area (Å²) in [6, 6.07) is 0.752. The van der Waals surface area contributed by atoms with Crippen molar-refractivity contribution in [2.24, 2.45) is 0 Å². The van der Waals surface area contributed by atoms with Gasteiger partial charge < -0.3 is 20.4 Å². The Morgan fingerprint density at radius 3 is 2.94 bits per heavy atom. The molecule has 0 aliphatic carbocycles. The second-order valence-corrected chi connectivity index (χ2v) is 4.91. The lowest BCUT2D eigenvalue weighted by atomic mass is 10.2. The van der Waals surface area contributed by atoms with Crippen LogP contribution >= 0.6 is 0 Å². The van der Waals surface area contributed by atoms with Crippen LogP contribution in [0.2, 0.25) is 0 Å². The van der Waals surface area contributed by atoms with E-state index in [-0.39, 0.29) is 6.03 Å². The Morgan fingerprint density at radius 1 is 1.47 bits per heavy atom. The number of hydrogen-bond donors (Lipinski definition) is 2. The number of hydrogen-bond acceptors (Lipinski definition) is 3. The van der Waals surface area contributed by atoms with Crippen molar-refractivity contribution >= 4 is 6.03 Å². The van der Waals surface area contributed by atoms with Gasteiger partial charge in [0.15, 0.2) is 0 Å². The predicted molar refractivity (Wildman–Crippen MR) is 68.1 cm³/mol. The quantitative estimate of drug-likeness (QED) is 0.691. The molecule has 2 rings (SSSR count). The lowest BCUT2D eigenvalue weighted by Gasteiger charge is -2.26. The molecular formula is C12H24N4O. The molecule has 0 bridgehead atoms. The van der Waals surface area contributed by atoms with Gasteiger partial charge >= 0.3 is 6.03 Å². The van der Waals surface area contributed by atoms with Gasteiger partial charge in [-0.3, -0.25) is 0 Å². The molecule has 1 atom stereocenters. The van der Waals surface area contributed by atoms with E-state index in [0.29, 0.717) is 6.04 Å². The van der Waals surface area contributed by atoms with Crippen LogP contribution in [0.1, 0.15) is 19.8 Å². The molecular weight excluding hydrogens is 216 g/mol. The fourth-order valence-electron chi connectivity index (χ4n) is 2.59. The zero-order valence-electron chi connectivity index (χ0n) is 10.7. The molecule has 2 fully saturated rings. The van der Waals surface area contributed by atoms with E-state index in [4.69, 9.17) is 0 Å². The van der Waals surface area contributed by atoms with Gasteiger partial charge in [0.25, 0.3) is 0 Å². The first-order chi connectivity index (χ1) is 8.29. The number of rotatable bonds is 6. The summed E-state index contributed by atoms with van der Waals surface area (Å²) in [5, 5.41) is 6.36. The molecule has 5 nitrogen and oxygen atoms in total. The molecule has 0 aromatic rings. The van der Waals surface area contributed by atoms with Crippen molar-refractivity contribution in [1.29, 1.82) is 0 Å². The maximum atomic E-state index is 11.4. The molecule has 2 N–H and O–H groups in total. The normalized spacial score (nSPS) is 24.7. The Hall–Kier alpha value is -0.810. The first kappa shape index (κ1) is 12.6. The van der Waals surface area contributed by atoms with Crippen LogP contribution in [0.4, 0.5) is 4.79 Å². The van der Waals surface area contributed by atoms with Crippen LogP contribution in [0.5, 0.6) is 0 Å². The van der Waals surface area contributed by atoms with Gasteiger partial charge in [-0.15, -0.1) is 0 Å². The number of carbonyl (C=O) groups excluding carboxylic acids is 1.